The molecule has 0 radical (unpaired) electrons. The van der Waals surface area contributed by atoms with E-state index in [1.807, 2.05) is 32.6 Å². The largest absolute Gasteiger partial charge is 0.494 e. The summed E-state index contributed by atoms with van der Waals surface area (Å²) in [6, 6.07) is 6.37. The summed E-state index contributed by atoms with van der Waals surface area (Å²) in [4.78, 5) is 16.7. The molecule has 0 bridgehead atoms. The second kappa shape index (κ2) is 11.3. The van der Waals surface area contributed by atoms with Crippen LogP contribution in [0.2, 0.25) is 0 Å². The van der Waals surface area contributed by atoms with Crippen LogP contribution in [-0.2, 0) is 17.8 Å². The van der Waals surface area contributed by atoms with Gasteiger partial charge in [-0.15, -0.1) is 0 Å². The molecule has 0 unspecified atom stereocenters. The average Bonchev–Trinajstić information content (AvgIpc) is 2.72. The number of ether oxygens (including phenoxy) is 1. The third-order valence-electron chi connectivity index (χ3n) is 5.33. The molecule has 2 heterocycles. The van der Waals surface area contributed by atoms with Crippen LogP contribution >= 0.6 is 0 Å². The monoisotopic (exact) mass is 374 g/mol. The average molecular weight is 375 g/mol. The van der Waals surface area contributed by atoms with Crippen molar-refractivity contribution in [3.8, 4) is 5.75 Å². The summed E-state index contributed by atoms with van der Waals surface area (Å²) in [5.41, 5.74) is 2.60. The molecule has 1 fully saturated rings. The topological polar surface area (TPSA) is 32.8 Å². The van der Waals surface area contributed by atoms with Gasteiger partial charge in [-0.05, 0) is 62.0 Å². The maximum Gasteiger partial charge on any atom is 0.225 e. The van der Waals surface area contributed by atoms with E-state index in [9.17, 15) is 4.79 Å². The van der Waals surface area contributed by atoms with Crippen LogP contribution in [0.5, 0.6) is 5.75 Å². The molecule has 1 amide bonds. The van der Waals surface area contributed by atoms with Crippen molar-refractivity contribution in [2.45, 2.75) is 66.3 Å². The van der Waals surface area contributed by atoms with Crippen molar-refractivity contribution in [3.63, 3.8) is 0 Å². The van der Waals surface area contributed by atoms with E-state index in [2.05, 4.69) is 23.1 Å². The number of likely N-dealkylation sites (tertiary alicyclic amines) is 1. The van der Waals surface area contributed by atoms with Crippen LogP contribution in [-0.4, -0.2) is 48.5 Å². The predicted molar refractivity (Wildman–Crippen MR) is 112 cm³/mol. The fourth-order valence-electron chi connectivity index (χ4n) is 3.83. The van der Waals surface area contributed by atoms with Crippen LogP contribution in [0.25, 0.3) is 0 Å². The third kappa shape index (κ3) is 6.53. The molecule has 0 saturated carbocycles. The van der Waals surface area contributed by atoms with E-state index in [-0.39, 0.29) is 11.8 Å². The molecule has 1 aromatic carbocycles. The lowest BCUT2D eigenvalue weighted by molar-refractivity contribution is -0.135. The minimum absolute atomic E-state index is 0.0732. The Morgan fingerprint density at radius 2 is 1.81 bits per heavy atom. The molecule has 4 nitrogen and oxygen atoms in total. The fraction of sp³-hybridized carbons (Fsp3) is 0.696. The lowest BCUT2D eigenvalue weighted by Gasteiger charge is -2.30. The summed E-state index contributed by atoms with van der Waals surface area (Å²) in [7, 11) is 0. The highest BCUT2D eigenvalue weighted by atomic mass is 16.5. The SMILES string of the molecule is CC.CC(C)C(=O)N1CCc2cc(OCCCN3CCCCC3)ccc2C1. The quantitative estimate of drug-likeness (QED) is 0.687. The van der Waals surface area contributed by atoms with E-state index in [4.69, 9.17) is 4.74 Å². The molecule has 2 aliphatic heterocycles. The first-order valence-electron chi connectivity index (χ1n) is 10.9. The number of fused-ring (bicyclic) bond motifs is 1. The number of piperidine rings is 1. The van der Waals surface area contributed by atoms with E-state index < -0.39 is 0 Å². The van der Waals surface area contributed by atoms with Crippen molar-refractivity contribution in [3.05, 3.63) is 29.3 Å². The molecule has 1 aromatic rings. The Morgan fingerprint density at radius 1 is 1.07 bits per heavy atom. The number of hydrogen-bond donors (Lipinski definition) is 0. The highest BCUT2D eigenvalue weighted by Gasteiger charge is 2.22. The zero-order valence-electron chi connectivity index (χ0n) is 17.8. The van der Waals surface area contributed by atoms with Gasteiger partial charge in [-0.25, -0.2) is 0 Å². The Labute approximate surface area is 165 Å². The lowest BCUT2D eigenvalue weighted by Crippen LogP contribution is -2.38. The van der Waals surface area contributed by atoms with Gasteiger partial charge in [-0.1, -0.05) is 40.2 Å². The van der Waals surface area contributed by atoms with Crippen molar-refractivity contribution >= 4 is 5.91 Å². The standard InChI is InChI=1S/C21H32N2O2.C2H6/c1-17(2)21(24)23-13-9-18-15-20(8-7-19(18)16-23)25-14-6-12-22-10-4-3-5-11-22;1-2/h7-8,15,17H,3-6,9-14,16H2,1-2H3;1-2H3. The van der Waals surface area contributed by atoms with Gasteiger partial charge in [0.05, 0.1) is 6.61 Å². The number of hydrogen-bond acceptors (Lipinski definition) is 3. The van der Waals surface area contributed by atoms with Gasteiger partial charge in [0.15, 0.2) is 0 Å². The van der Waals surface area contributed by atoms with Crippen molar-refractivity contribution in [2.24, 2.45) is 5.92 Å². The molecule has 4 heteroatoms. The maximum atomic E-state index is 12.2. The first-order chi connectivity index (χ1) is 13.1. The van der Waals surface area contributed by atoms with Gasteiger partial charge < -0.3 is 14.5 Å². The molecule has 1 saturated heterocycles. The summed E-state index contributed by atoms with van der Waals surface area (Å²) < 4.78 is 5.97. The molecule has 2 aliphatic rings. The number of carbonyl (C=O) groups is 1. The summed E-state index contributed by atoms with van der Waals surface area (Å²) in [5.74, 6) is 1.30. The van der Waals surface area contributed by atoms with E-state index >= 15 is 0 Å². The van der Waals surface area contributed by atoms with Crippen LogP contribution in [0.3, 0.4) is 0 Å². The van der Waals surface area contributed by atoms with E-state index in [1.165, 1.54) is 43.5 Å². The number of carbonyl (C=O) groups excluding carboxylic acids is 1. The molecular weight excluding hydrogens is 336 g/mol. The summed E-state index contributed by atoms with van der Waals surface area (Å²) >= 11 is 0. The van der Waals surface area contributed by atoms with Gasteiger partial charge in [0, 0.05) is 25.6 Å². The first kappa shape index (κ1) is 21.7. The number of benzene rings is 1. The zero-order chi connectivity index (χ0) is 19.6. The smallest absolute Gasteiger partial charge is 0.225 e. The zero-order valence-corrected chi connectivity index (χ0v) is 17.8. The van der Waals surface area contributed by atoms with Gasteiger partial charge in [-0.2, -0.15) is 0 Å². The number of rotatable bonds is 6. The molecule has 152 valence electrons. The van der Waals surface area contributed by atoms with Crippen LogP contribution in [0, 0.1) is 5.92 Å². The van der Waals surface area contributed by atoms with E-state index in [0.717, 1.165) is 44.8 Å². The molecule has 0 spiro atoms. The summed E-state index contributed by atoms with van der Waals surface area (Å²) in [6.07, 6.45) is 6.11. The van der Waals surface area contributed by atoms with Gasteiger partial charge >= 0.3 is 0 Å². The Bertz CT molecular complexity index is 580. The minimum Gasteiger partial charge on any atom is -0.494 e. The van der Waals surface area contributed by atoms with Crippen LogP contribution in [0.1, 0.15) is 64.5 Å². The maximum absolute atomic E-state index is 12.2. The van der Waals surface area contributed by atoms with Crippen LogP contribution in [0.4, 0.5) is 0 Å². The first-order valence-corrected chi connectivity index (χ1v) is 10.9. The van der Waals surface area contributed by atoms with Crippen LogP contribution < -0.4 is 4.74 Å². The molecule has 0 aromatic heterocycles. The van der Waals surface area contributed by atoms with Crippen molar-refractivity contribution in [2.75, 3.05) is 32.8 Å². The molecular formula is C23H38N2O2. The van der Waals surface area contributed by atoms with Gasteiger partial charge in [0.25, 0.3) is 0 Å². The predicted octanol–water partition coefficient (Wildman–Crippen LogP) is 4.51. The highest BCUT2D eigenvalue weighted by Crippen LogP contribution is 2.25. The second-order valence-electron chi connectivity index (χ2n) is 7.70. The summed E-state index contributed by atoms with van der Waals surface area (Å²) in [6.45, 7) is 13.9. The highest BCUT2D eigenvalue weighted by molar-refractivity contribution is 5.78. The van der Waals surface area contributed by atoms with Crippen molar-refractivity contribution < 1.29 is 9.53 Å². The Kier molecular flexibility index (Phi) is 9.12. The lowest BCUT2D eigenvalue weighted by atomic mass is 9.98. The Balaban J connectivity index is 0.00000126. The van der Waals surface area contributed by atoms with Crippen LogP contribution in [0.15, 0.2) is 18.2 Å². The van der Waals surface area contributed by atoms with Gasteiger partial charge in [0.1, 0.15) is 5.75 Å². The van der Waals surface area contributed by atoms with E-state index in [1.54, 1.807) is 0 Å². The molecule has 0 aliphatic carbocycles. The minimum atomic E-state index is 0.0732. The second-order valence-corrected chi connectivity index (χ2v) is 7.70. The summed E-state index contributed by atoms with van der Waals surface area (Å²) in [5, 5.41) is 0. The normalized spacial score (nSPS) is 17.1. The molecule has 0 atom stereocenters. The Hall–Kier alpha value is -1.55. The fourth-order valence-corrected chi connectivity index (χ4v) is 3.83. The molecule has 3 rings (SSSR count). The number of nitrogens with zero attached hydrogens (tertiary/aromatic N) is 2. The van der Waals surface area contributed by atoms with Gasteiger partial charge in [0.2, 0.25) is 5.91 Å². The molecule has 0 N–H and O–H groups in total. The van der Waals surface area contributed by atoms with Crippen molar-refractivity contribution in [1.82, 2.24) is 9.80 Å². The van der Waals surface area contributed by atoms with Crippen molar-refractivity contribution in [1.29, 1.82) is 0 Å². The van der Waals surface area contributed by atoms with E-state index in [0.29, 0.717) is 0 Å². The third-order valence-corrected chi connectivity index (χ3v) is 5.33. The Morgan fingerprint density at radius 3 is 2.52 bits per heavy atom. The number of amides is 1. The van der Waals surface area contributed by atoms with Gasteiger partial charge in [-0.3, -0.25) is 4.79 Å². The molecule has 27 heavy (non-hydrogen) atoms.